The van der Waals surface area contributed by atoms with Gasteiger partial charge in [-0.3, -0.25) is 4.79 Å². The molecule has 0 heterocycles. The van der Waals surface area contributed by atoms with Crippen molar-refractivity contribution in [1.29, 1.82) is 0 Å². The Morgan fingerprint density at radius 2 is 2.29 bits per heavy atom. The van der Waals surface area contributed by atoms with Crippen LogP contribution in [0.1, 0.15) is 40.5 Å². The molecule has 0 saturated carbocycles. The molecule has 0 fully saturated rings. The van der Waals surface area contributed by atoms with Crippen molar-refractivity contribution in [2.75, 3.05) is 0 Å². The van der Waals surface area contributed by atoms with Gasteiger partial charge in [0, 0.05) is 0 Å². The molecule has 0 saturated heterocycles. The molecule has 0 radical (unpaired) electrons. The molecule has 0 N–H and O–H groups in total. The Morgan fingerprint density at radius 1 is 1.64 bits per heavy atom. The first kappa shape index (κ1) is 11.2. The van der Waals surface area contributed by atoms with Gasteiger partial charge in [-0.1, -0.05) is 31.6 Å². The van der Waals surface area contributed by atoms with E-state index in [1.54, 1.807) is 0 Å². The van der Waals surface area contributed by atoms with E-state index < -0.39 is 0 Å². The summed E-state index contributed by atoms with van der Waals surface area (Å²) in [4.78, 5) is 10.5. The first-order valence-electron chi connectivity index (χ1n) is 5.27. The molecular weight excluding hydrogens is 172 g/mol. The predicted molar refractivity (Wildman–Crippen MR) is 60.1 cm³/mol. The summed E-state index contributed by atoms with van der Waals surface area (Å²) in [5.41, 5.74) is 2.64. The highest BCUT2D eigenvalue weighted by Gasteiger charge is 2.33. The zero-order valence-electron chi connectivity index (χ0n) is 9.63. The van der Waals surface area contributed by atoms with Crippen LogP contribution in [0.25, 0.3) is 0 Å². The first-order chi connectivity index (χ1) is 6.48. The second-order valence-electron chi connectivity index (χ2n) is 4.84. The Hall–Kier alpha value is -0.850. The van der Waals surface area contributed by atoms with Gasteiger partial charge in [0.1, 0.15) is 6.29 Å². The summed E-state index contributed by atoms with van der Waals surface area (Å²) in [6.07, 6.45) is 7.50. The summed E-state index contributed by atoms with van der Waals surface area (Å²) in [5, 5.41) is 0. The molecule has 0 aromatic rings. The summed E-state index contributed by atoms with van der Waals surface area (Å²) in [6, 6.07) is 0. The molecule has 0 bridgehead atoms. The first-order valence-corrected chi connectivity index (χ1v) is 5.27. The van der Waals surface area contributed by atoms with Gasteiger partial charge in [0.15, 0.2) is 0 Å². The Bertz CT molecular complexity index is 282. The van der Waals surface area contributed by atoms with Gasteiger partial charge >= 0.3 is 0 Å². The monoisotopic (exact) mass is 192 g/mol. The van der Waals surface area contributed by atoms with Gasteiger partial charge < -0.3 is 0 Å². The fraction of sp³-hybridized carbons (Fsp3) is 0.615. The number of hydrogen-bond donors (Lipinski definition) is 0. The molecule has 1 aliphatic rings. The lowest BCUT2D eigenvalue weighted by Crippen LogP contribution is -2.19. The molecule has 0 amide bonds. The smallest absolute Gasteiger partial charge is 0.145 e. The van der Waals surface area contributed by atoms with Crippen molar-refractivity contribution in [3.63, 3.8) is 0 Å². The molecule has 1 nitrogen and oxygen atoms in total. The summed E-state index contributed by atoms with van der Waals surface area (Å²) in [6.45, 7) is 8.66. The minimum absolute atomic E-state index is 0.305. The summed E-state index contributed by atoms with van der Waals surface area (Å²) in [7, 11) is 0. The van der Waals surface area contributed by atoms with Crippen molar-refractivity contribution in [2.45, 2.75) is 40.5 Å². The lowest BCUT2D eigenvalue weighted by molar-refractivity contribution is -0.104. The second-order valence-corrected chi connectivity index (χ2v) is 4.84. The van der Waals surface area contributed by atoms with Gasteiger partial charge in [-0.15, -0.1) is 0 Å². The third-order valence-electron chi connectivity index (χ3n) is 3.66. The van der Waals surface area contributed by atoms with Crippen LogP contribution in [0.2, 0.25) is 0 Å². The van der Waals surface area contributed by atoms with Crippen molar-refractivity contribution in [2.24, 2.45) is 11.3 Å². The number of rotatable bonds is 3. The summed E-state index contributed by atoms with van der Waals surface area (Å²) >= 11 is 0. The molecule has 1 atom stereocenters. The lowest BCUT2D eigenvalue weighted by atomic mass is 9.76. The van der Waals surface area contributed by atoms with Gasteiger partial charge in [-0.25, -0.2) is 0 Å². The van der Waals surface area contributed by atoms with E-state index in [1.807, 2.05) is 6.92 Å². The molecular formula is C13H20O. The van der Waals surface area contributed by atoms with E-state index in [4.69, 9.17) is 0 Å². The van der Waals surface area contributed by atoms with E-state index in [-0.39, 0.29) is 0 Å². The molecule has 1 rings (SSSR count). The molecule has 0 spiro atoms. The van der Waals surface area contributed by atoms with Crippen LogP contribution in [0.15, 0.2) is 23.3 Å². The Labute approximate surface area is 86.9 Å². The number of allylic oxidation sites excluding steroid dienone is 4. The fourth-order valence-electron chi connectivity index (χ4n) is 1.97. The second kappa shape index (κ2) is 4.12. The standard InChI is InChI=1S/C13H20O/c1-10(9-14)5-7-12-8-6-11(2)13(12,3)4/h5-6,9,12H,7-8H2,1-4H3. The van der Waals surface area contributed by atoms with Crippen molar-refractivity contribution in [3.05, 3.63) is 23.3 Å². The topological polar surface area (TPSA) is 17.1 Å². The summed E-state index contributed by atoms with van der Waals surface area (Å²) < 4.78 is 0. The normalized spacial score (nSPS) is 26.1. The quantitative estimate of drug-likeness (QED) is 0.380. The van der Waals surface area contributed by atoms with Crippen molar-refractivity contribution < 1.29 is 4.79 Å². The molecule has 1 heteroatoms. The Kier molecular flexibility index (Phi) is 3.30. The van der Waals surface area contributed by atoms with Crippen LogP contribution in [-0.2, 0) is 4.79 Å². The van der Waals surface area contributed by atoms with Crippen LogP contribution in [0.3, 0.4) is 0 Å². The van der Waals surface area contributed by atoms with Crippen LogP contribution in [-0.4, -0.2) is 6.29 Å². The van der Waals surface area contributed by atoms with Crippen molar-refractivity contribution in [1.82, 2.24) is 0 Å². The van der Waals surface area contributed by atoms with Gasteiger partial charge in [-0.05, 0) is 43.6 Å². The maximum Gasteiger partial charge on any atom is 0.145 e. The average molecular weight is 192 g/mol. The molecule has 0 aromatic heterocycles. The minimum atomic E-state index is 0.305. The molecule has 1 aliphatic carbocycles. The molecule has 0 aromatic carbocycles. The van der Waals surface area contributed by atoms with Gasteiger partial charge in [0.2, 0.25) is 0 Å². The van der Waals surface area contributed by atoms with Crippen molar-refractivity contribution in [3.8, 4) is 0 Å². The van der Waals surface area contributed by atoms with E-state index in [1.165, 1.54) is 5.57 Å². The van der Waals surface area contributed by atoms with Gasteiger partial charge in [0.05, 0.1) is 0 Å². The van der Waals surface area contributed by atoms with Crippen LogP contribution in [0.5, 0.6) is 0 Å². The average Bonchev–Trinajstić information content (AvgIpc) is 2.39. The number of hydrogen-bond acceptors (Lipinski definition) is 1. The number of carbonyl (C=O) groups excluding carboxylic acids is 1. The zero-order chi connectivity index (χ0) is 10.8. The van der Waals surface area contributed by atoms with Crippen molar-refractivity contribution >= 4 is 6.29 Å². The van der Waals surface area contributed by atoms with Gasteiger partial charge in [0.25, 0.3) is 0 Å². The molecule has 0 aliphatic heterocycles. The third-order valence-corrected chi connectivity index (χ3v) is 3.66. The molecule has 14 heavy (non-hydrogen) atoms. The predicted octanol–water partition coefficient (Wildman–Crippen LogP) is 3.51. The number of aldehydes is 1. The van der Waals surface area contributed by atoms with E-state index in [0.717, 1.165) is 24.7 Å². The fourth-order valence-corrected chi connectivity index (χ4v) is 1.97. The highest BCUT2D eigenvalue weighted by atomic mass is 16.1. The third kappa shape index (κ3) is 2.14. The van der Waals surface area contributed by atoms with Crippen LogP contribution >= 0.6 is 0 Å². The summed E-state index contributed by atoms with van der Waals surface area (Å²) in [5.74, 6) is 0.664. The molecule has 1 unspecified atom stereocenters. The highest BCUT2D eigenvalue weighted by Crippen LogP contribution is 2.44. The largest absolute Gasteiger partial charge is 0.298 e. The van der Waals surface area contributed by atoms with E-state index >= 15 is 0 Å². The van der Waals surface area contributed by atoms with E-state index in [2.05, 4.69) is 32.9 Å². The van der Waals surface area contributed by atoms with Crippen LogP contribution in [0, 0.1) is 11.3 Å². The Morgan fingerprint density at radius 3 is 2.71 bits per heavy atom. The van der Waals surface area contributed by atoms with Crippen LogP contribution in [0.4, 0.5) is 0 Å². The van der Waals surface area contributed by atoms with Gasteiger partial charge in [-0.2, -0.15) is 0 Å². The van der Waals surface area contributed by atoms with E-state index in [9.17, 15) is 4.79 Å². The maximum absolute atomic E-state index is 10.5. The lowest BCUT2D eigenvalue weighted by Gasteiger charge is -2.28. The SMILES string of the molecule is CC(C=O)=CCC1CC=C(C)C1(C)C. The minimum Gasteiger partial charge on any atom is -0.298 e. The number of carbonyl (C=O) groups is 1. The molecule has 78 valence electrons. The van der Waals surface area contributed by atoms with E-state index in [0.29, 0.717) is 11.3 Å². The Balaban J connectivity index is 2.62. The maximum atomic E-state index is 10.5. The highest BCUT2D eigenvalue weighted by molar-refractivity contribution is 5.71. The zero-order valence-corrected chi connectivity index (χ0v) is 9.63. The van der Waals surface area contributed by atoms with Crippen LogP contribution < -0.4 is 0 Å².